The summed E-state index contributed by atoms with van der Waals surface area (Å²) in [6, 6.07) is 1.40. The molecule has 0 spiro atoms. The Morgan fingerprint density at radius 3 is 2.76 bits per heavy atom. The Morgan fingerprint density at radius 2 is 2.12 bits per heavy atom. The van der Waals surface area contributed by atoms with Crippen molar-refractivity contribution in [1.82, 2.24) is 14.5 Å². The van der Waals surface area contributed by atoms with Crippen molar-refractivity contribution in [2.75, 3.05) is 24.5 Å². The molecule has 0 aliphatic carbocycles. The van der Waals surface area contributed by atoms with Gasteiger partial charge in [-0.05, 0) is 19.3 Å². The highest BCUT2D eigenvalue weighted by molar-refractivity contribution is 5.79. The van der Waals surface area contributed by atoms with Crippen LogP contribution < -0.4 is 21.5 Å². The first-order valence-electron chi connectivity index (χ1n) is 8.46. The number of hydrogen-bond acceptors (Lipinski definition) is 4. The lowest BCUT2D eigenvalue weighted by atomic mass is 9.97. The number of carbonyl (C=O) groups excluding carboxylic acids is 1. The molecule has 1 amide bonds. The Balaban J connectivity index is 2.25. The summed E-state index contributed by atoms with van der Waals surface area (Å²) < 4.78 is 27.1. The largest absolute Gasteiger partial charge is 0.357 e. The highest BCUT2D eigenvalue weighted by atomic mass is 19.3. The second-order valence-corrected chi connectivity index (χ2v) is 6.26. The molecule has 2 heterocycles. The number of alkyl halides is 2. The van der Waals surface area contributed by atoms with Gasteiger partial charge in [-0.2, -0.15) is 0 Å². The van der Waals surface area contributed by atoms with Crippen LogP contribution >= 0.6 is 0 Å². The van der Waals surface area contributed by atoms with Crippen molar-refractivity contribution in [1.29, 1.82) is 0 Å². The minimum atomic E-state index is -2.59. The van der Waals surface area contributed by atoms with Crippen LogP contribution in [-0.4, -0.2) is 41.1 Å². The number of hydrogen-bond donors (Lipinski definition) is 1. The minimum absolute atomic E-state index is 0.297. The second kappa shape index (κ2) is 8.26. The average Bonchev–Trinajstić information content (AvgIpc) is 2.60. The van der Waals surface area contributed by atoms with Gasteiger partial charge in [0.2, 0.25) is 5.91 Å². The molecule has 0 radical (unpaired) electrons. The van der Waals surface area contributed by atoms with Crippen molar-refractivity contribution >= 4 is 11.7 Å². The molecule has 1 aromatic heterocycles. The van der Waals surface area contributed by atoms with Crippen molar-refractivity contribution in [3.63, 3.8) is 0 Å². The maximum atomic E-state index is 12.4. The van der Waals surface area contributed by atoms with Gasteiger partial charge in [-0.25, -0.2) is 13.6 Å². The smallest absolute Gasteiger partial charge is 0.332 e. The zero-order valence-electron chi connectivity index (χ0n) is 14.5. The molecule has 1 aliphatic rings. The summed E-state index contributed by atoms with van der Waals surface area (Å²) in [6.07, 6.45) is -0.593. The summed E-state index contributed by atoms with van der Waals surface area (Å²) in [6.45, 7) is 2.63. The van der Waals surface area contributed by atoms with Crippen LogP contribution in [0.2, 0.25) is 0 Å². The van der Waals surface area contributed by atoms with E-state index in [0.29, 0.717) is 38.3 Å². The fourth-order valence-corrected chi connectivity index (χ4v) is 3.08. The molecule has 0 aromatic carbocycles. The summed E-state index contributed by atoms with van der Waals surface area (Å²) in [4.78, 5) is 38.3. The highest BCUT2D eigenvalue weighted by Crippen LogP contribution is 2.22. The minimum Gasteiger partial charge on any atom is -0.357 e. The van der Waals surface area contributed by atoms with Gasteiger partial charge in [0.15, 0.2) is 0 Å². The van der Waals surface area contributed by atoms with Gasteiger partial charge in [-0.1, -0.05) is 6.92 Å². The first-order valence-corrected chi connectivity index (χ1v) is 8.46. The number of anilines is 1. The van der Waals surface area contributed by atoms with E-state index in [2.05, 4.69) is 5.32 Å². The molecule has 1 aromatic rings. The first-order chi connectivity index (χ1) is 11.8. The molecule has 2 rings (SSSR count). The van der Waals surface area contributed by atoms with Crippen LogP contribution in [-0.2, 0) is 18.4 Å². The van der Waals surface area contributed by atoms with Crippen molar-refractivity contribution < 1.29 is 13.6 Å². The molecule has 1 fully saturated rings. The standard InChI is InChI=1S/C16H24F2N4O3/c1-3-6-22-13(8-14(23)20(2)16(22)25)21-7-4-5-11(10-21)15(24)19-9-12(17)18/h8,11-12H,3-7,9-10H2,1-2H3,(H,19,24). The number of aromatic nitrogens is 2. The van der Waals surface area contributed by atoms with Gasteiger partial charge < -0.3 is 10.2 Å². The van der Waals surface area contributed by atoms with Crippen LogP contribution in [0.1, 0.15) is 26.2 Å². The lowest BCUT2D eigenvalue weighted by molar-refractivity contribution is -0.125. The van der Waals surface area contributed by atoms with E-state index in [4.69, 9.17) is 0 Å². The predicted octanol–water partition coefficient (Wildman–Crippen LogP) is 0.555. The fourth-order valence-electron chi connectivity index (χ4n) is 3.08. The van der Waals surface area contributed by atoms with E-state index in [-0.39, 0.29) is 0 Å². The summed E-state index contributed by atoms with van der Waals surface area (Å²) >= 11 is 0. The molecule has 7 nitrogen and oxygen atoms in total. The fraction of sp³-hybridized carbons (Fsp3) is 0.688. The van der Waals surface area contributed by atoms with Gasteiger partial charge in [-0.3, -0.25) is 18.7 Å². The molecule has 1 unspecified atom stereocenters. The van der Waals surface area contributed by atoms with Crippen LogP contribution in [0, 0.1) is 5.92 Å². The van der Waals surface area contributed by atoms with Crippen LogP contribution in [0.15, 0.2) is 15.7 Å². The van der Waals surface area contributed by atoms with Gasteiger partial charge in [0.25, 0.3) is 12.0 Å². The summed E-state index contributed by atoms with van der Waals surface area (Å²) in [7, 11) is 1.43. The van der Waals surface area contributed by atoms with Crippen molar-refractivity contribution in [3.8, 4) is 0 Å². The SMILES string of the molecule is CCCn1c(N2CCCC(C(=O)NCC(F)F)C2)cc(=O)n(C)c1=O. The molecule has 1 saturated heterocycles. The third kappa shape index (κ3) is 4.46. The Hall–Kier alpha value is -2.19. The maximum absolute atomic E-state index is 12.4. The molecule has 9 heteroatoms. The third-order valence-corrected chi connectivity index (χ3v) is 4.37. The topological polar surface area (TPSA) is 76.3 Å². The van der Waals surface area contributed by atoms with Crippen LogP contribution in [0.5, 0.6) is 0 Å². The maximum Gasteiger partial charge on any atom is 0.332 e. The molecule has 0 bridgehead atoms. The van der Waals surface area contributed by atoms with Gasteiger partial charge in [0, 0.05) is 32.7 Å². The molecule has 1 atom stereocenters. The number of nitrogens with zero attached hydrogens (tertiary/aromatic N) is 3. The number of amides is 1. The lowest BCUT2D eigenvalue weighted by Gasteiger charge is -2.34. The molecule has 1 aliphatic heterocycles. The predicted molar refractivity (Wildman–Crippen MR) is 90.2 cm³/mol. The van der Waals surface area contributed by atoms with E-state index in [9.17, 15) is 23.2 Å². The quantitative estimate of drug-likeness (QED) is 0.806. The Labute approximate surface area is 144 Å². The summed E-state index contributed by atoms with van der Waals surface area (Å²) in [5.74, 6) is -0.374. The first kappa shape index (κ1) is 19.1. The molecule has 140 valence electrons. The van der Waals surface area contributed by atoms with E-state index >= 15 is 0 Å². The van der Waals surface area contributed by atoms with Crippen molar-refractivity contribution in [2.45, 2.75) is 39.2 Å². The number of rotatable bonds is 6. The Morgan fingerprint density at radius 1 is 1.40 bits per heavy atom. The molecule has 25 heavy (non-hydrogen) atoms. The number of nitrogens with one attached hydrogen (secondary N) is 1. The molecular formula is C16H24F2N4O3. The van der Waals surface area contributed by atoms with E-state index in [1.54, 1.807) is 0 Å². The Kier molecular flexibility index (Phi) is 6.33. The monoisotopic (exact) mass is 358 g/mol. The third-order valence-electron chi connectivity index (χ3n) is 4.37. The van der Waals surface area contributed by atoms with Gasteiger partial charge >= 0.3 is 5.69 Å². The number of piperidine rings is 1. The van der Waals surface area contributed by atoms with Gasteiger partial charge in [-0.15, -0.1) is 0 Å². The summed E-state index contributed by atoms with van der Waals surface area (Å²) in [5, 5.41) is 2.25. The van der Waals surface area contributed by atoms with Crippen LogP contribution in [0.25, 0.3) is 0 Å². The normalized spacial score (nSPS) is 17.8. The Bertz CT molecular complexity index is 729. The molecule has 1 N–H and O–H groups in total. The zero-order chi connectivity index (χ0) is 18.6. The van der Waals surface area contributed by atoms with Crippen molar-refractivity contribution in [2.24, 2.45) is 13.0 Å². The lowest BCUT2D eigenvalue weighted by Crippen LogP contribution is -2.47. The second-order valence-electron chi connectivity index (χ2n) is 6.26. The van der Waals surface area contributed by atoms with E-state index < -0.39 is 36.0 Å². The van der Waals surface area contributed by atoms with E-state index in [1.165, 1.54) is 17.7 Å². The molecule has 0 saturated carbocycles. The van der Waals surface area contributed by atoms with E-state index in [1.807, 2.05) is 11.8 Å². The molecular weight excluding hydrogens is 334 g/mol. The highest BCUT2D eigenvalue weighted by Gasteiger charge is 2.28. The number of halogens is 2. The average molecular weight is 358 g/mol. The van der Waals surface area contributed by atoms with Crippen molar-refractivity contribution in [3.05, 3.63) is 26.9 Å². The summed E-state index contributed by atoms with van der Waals surface area (Å²) in [5.41, 5.74) is -0.801. The van der Waals surface area contributed by atoms with Gasteiger partial charge in [0.05, 0.1) is 12.5 Å². The van der Waals surface area contributed by atoms with E-state index in [0.717, 1.165) is 11.0 Å². The van der Waals surface area contributed by atoms with Crippen LogP contribution in [0.3, 0.4) is 0 Å². The zero-order valence-corrected chi connectivity index (χ0v) is 14.5. The van der Waals surface area contributed by atoms with Crippen LogP contribution in [0.4, 0.5) is 14.6 Å². The van der Waals surface area contributed by atoms with Gasteiger partial charge in [0.1, 0.15) is 5.82 Å². The number of carbonyl (C=O) groups is 1.